The fourth-order valence-electron chi connectivity index (χ4n) is 2.61. The molecular weight excluding hydrogens is 292 g/mol. The summed E-state index contributed by atoms with van der Waals surface area (Å²) in [6.07, 6.45) is 16.7. The summed E-state index contributed by atoms with van der Waals surface area (Å²) in [4.78, 5) is 9.83. The third kappa shape index (κ3) is 21.4. The van der Waals surface area contributed by atoms with Gasteiger partial charge in [0.2, 0.25) is 0 Å². The summed E-state index contributed by atoms with van der Waals surface area (Å²) in [7, 11) is 1.70. The number of hydrogen-bond donors (Lipinski definition) is 0. The summed E-state index contributed by atoms with van der Waals surface area (Å²) in [5.41, 5.74) is 0. The molecule has 0 aliphatic carbocycles. The van der Waals surface area contributed by atoms with Gasteiger partial charge < -0.3 is 14.2 Å². The zero-order valence-electron chi connectivity index (χ0n) is 15.2. The molecule has 0 atom stereocenters. The highest BCUT2D eigenvalue weighted by atomic mass is 16.5. The molecule has 0 saturated heterocycles. The first kappa shape index (κ1) is 22.4. The lowest BCUT2D eigenvalue weighted by molar-refractivity contribution is 0.0685. The summed E-state index contributed by atoms with van der Waals surface area (Å²) in [5.74, 6) is 0. The fraction of sp³-hybridized carbons (Fsp3) is 0.947. The van der Waals surface area contributed by atoms with Gasteiger partial charge in [0, 0.05) is 13.7 Å². The molecule has 0 aromatic carbocycles. The van der Waals surface area contributed by atoms with Crippen LogP contribution in [0, 0.1) is 0 Å². The van der Waals surface area contributed by atoms with Crippen molar-refractivity contribution in [2.45, 2.75) is 83.5 Å². The largest absolute Gasteiger partial charge is 0.457 e. The van der Waals surface area contributed by atoms with Gasteiger partial charge in [0.15, 0.2) is 0 Å². The van der Waals surface area contributed by atoms with E-state index in [1.807, 2.05) is 0 Å². The Morgan fingerprint density at radius 3 is 1.43 bits per heavy atom. The van der Waals surface area contributed by atoms with Gasteiger partial charge in [-0.25, -0.2) is 4.79 Å². The molecule has 0 fully saturated rings. The maximum atomic E-state index is 9.83. The standard InChI is InChI=1S/C19H37O4/c1-21-17-18-22-15-13-11-9-7-5-3-2-4-6-8-10-12-14-16-23-19-20/h2-18H2,1H3. The molecular formula is C19H37O4. The Balaban J connectivity index is 2.93. The predicted molar refractivity (Wildman–Crippen MR) is 94.4 cm³/mol. The smallest absolute Gasteiger partial charge is 0.417 e. The van der Waals surface area contributed by atoms with Crippen molar-refractivity contribution in [3.8, 4) is 0 Å². The maximum absolute atomic E-state index is 9.83. The number of ether oxygens (including phenoxy) is 3. The molecule has 4 heteroatoms. The van der Waals surface area contributed by atoms with Crippen LogP contribution >= 0.6 is 0 Å². The maximum Gasteiger partial charge on any atom is 0.417 e. The third-order valence-electron chi connectivity index (χ3n) is 4.03. The molecule has 0 bridgehead atoms. The van der Waals surface area contributed by atoms with Gasteiger partial charge in [0.25, 0.3) is 0 Å². The molecule has 4 nitrogen and oxygen atoms in total. The van der Waals surface area contributed by atoms with Gasteiger partial charge in [0.05, 0.1) is 19.8 Å². The second-order valence-corrected chi connectivity index (χ2v) is 6.13. The Morgan fingerprint density at radius 1 is 0.565 bits per heavy atom. The molecule has 0 N–H and O–H groups in total. The molecule has 0 aromatic heterocycles. The first-order valence-corrected chi connectivity index (χ1v) is 9.47. The van der Waals surface area contributed by atoms with Gasteiger partial charge >= 0.3 is 6.47 Å². The first-order valence-electron chi connectivity index (χ1n) is 9.47. The molecule has 23 heavy (non-hydrogen) atoms. The predicted octanol–water partition coefficient (Wildman–Crippen LogP) is 4.80. The van der Waals surface area contributed by atoms with Crippen molar-refractivity contribution < 1.29 is 19.0 Å². The van der Waals surface area contributed by atoms with Crippen LogP contribution in [0.1, 0.15) is 83.5 Å². The zero-order valence-corrected chi connectivity index (χ0v) is 15.2. The minimum Gasteiger partial charge on any atom is -0.457 e. The van der Waals surface area contributed by atoms with Crippen molar-refractivity contribution in [2.24, 2.45) is 0 Å². The molecule has 0 aromatic rings. The zero-order chi connectivity index (χ0) is 16.8. The SMILES string of the molecule is COCCOCCCCCCCCCCCCCCCO[C]=O. The van der Waals surface area contributed by atoms with Crippen molar-refractivity contribution in [3.63, 3.8) is 0 Å². The van der Waals surface area contributed by atoms with Gasteiger partial charge in [-0.1, -0.05) is 70.6 Å². The van der Waals surface area contributed by atoms with E-state index in [1.165, 1.54) is 77.1 Å². The number of rotatable bonds is 20. The first-order chi connectivity index (χ1) is 11.4. The van der Waals surface area contributed by atoms with Crippen LogP contribution in [0.2, 0.25) is 0 Å². The fourth-order valence-corrected chi connectivity index (χ4v) is 2.61. The Bertz CT molecular complexity index is 221. The van der Waals surface area contributed by atoms with Gasteiger partial charge in [-0.3, -0.25) is 0 Å². The van der Waals surface area contributed by atoms with Crippen molar-refractivity contribution in [2.75, 3.05) is 33.5 Å². The minimum atomic E-state index is 0.531. The summed E-state index contributed by atoms with van der Waals surface area (Å²) < 4.78 is 14.9. The van der Waals surface area contributed by atoms with Crippen molar-refractivity contribution in [1.82, 2.24) is 0 Å². The quantitative estimate of drug-likeness (QED) is 0.301. The molecule has 1 radical (unpaired) electrons. The van der Waals surface area contributed by atoms with Gasteiger partial charge in [0.1, 0.15) is 0 Å². The highest BCUT2D eigenvalue weighted by Gasteiger charge is 1.95. The highest BCUT2D eigenvalue weighted by Crippen LogP contribution is 2.12. The van der Waals surface area contributed by atoms with Crippen LogP contribution < -0.4 is 0 Å². The number of methoxy groups -OCH3 is 1. The van der Waals surface area contributed by atoms with Crippen LogP contribution in [-0.4, -0.2) is 40.0 Å². The Kier molecular flexibility index (Phi) is 20.8. The average Bonchev–Trinajstić information content (AvgIpc) is 2.57. The number of hydrogen-bond acceptors (Lipinski definition) is 4. The molecule has 137 valence electrons. The van der Waals surface area contributed by atoms with Crippen LogP contribution in [0.3, 0.4) is 0 Å². The van der Waals surface area contributed by atoms with E-state index in [4.69, 9.17) is 9.47 Å². The van der Waals surface area contributed by atoms with Crippen molar-refractivity contribution >= 4 is 6.47 Å². The lowest BCUT2D eigenvalue weighted by Gasteiger charge is -2.04. The van der Waals surface area contributed by atoms with E-state index in [0.717, 1.165) is 26.1 Å². The van der Waals surface area contributed by atoms with E-state index >= 15 is 0 Å². The molecule has 0 aliphatic heterocycles. The van der Waals surface area contributed by atoms with E-state index in [1.54, 1.807) is 7.11 Å². The summed E-state index contributed by atoms with van der Waals surface area (Å²) >= 11 is 0. The van der Waals surface area contributed by atoms with Gasteiger partial charge in [-0.05, 0) is 12.8 Å². The van der Waals surface area contributed by atoms with Crippen LogP contribution in [0.25, 0.3) is 0 Å². The Labute approximate surface area is 143 Å². The van der Waals surface area contributed by atoms with Crippen molar-refractivity contribution in [3.05, 3.63) is 0 Å². The van der Waals surface area contributed by atoms with Crippen LogP contribution in [0.5, 0.6) is 0 Å². The van der Waals surface area contributed by atoms with Crippen LogP contribution in [0.15, 0.2) is 0 Å². The number of unbranched alkanes of at least 4 members (excludes halogenated alkanes) is 12. The average molecular weight is 330 g/mol. The molecule has 0 saturated carbocycles. The van der Waals surface area contributed by atoms with E-state index in [-0.39, 0.29) is 0 Å². The molecule has 0 spiro atoms. The van der Waals surface area contributed by atoms with E-state index < -0.39 is 0 Å². The Hall–Kier alpha value is -0.610. The summed E-state index contributed by atoms with van der Waals surface area (Å²) in [6.45, 7) is 4.30. The van der Waals surface area contributed by atoms with E-state index in [2.05, 4.69) is 4.74 Å². The van der Waals surface area contributed by atoms with Crippen molar-refractivity contribution in [1.29, 1.82) is 0 Å². The topological polar surface area (TPSA) is 44.8 Å². The van der Waals surface area contributed by atoms with E-state index in [9.17, 15) is 4.79 Å². The second-order valence-electron chi connectivity index (χ2n) is 6.13. The monoisotopic (exact) mass is 329 g/mol. The highest BCUT2D eigenvalue weighted by molar-refractivity contribution is 5.37. The van der Waals surface area contributed by atoms with Crippen LogP contribution in [-0.2, 0) is 19.0 Å². The Morgan fingerprint density at radius 2 is 1.00 bits per heavy atom. The molecule has 0 amide bonds. The molecule has 0 unspecified atom stereocenters. The normalized spacial score (nSPS) is 10.8. The van der Waals surface area contributed by atoms with Gasteiger partial charge in [-0.15, -0.1) is 0 Å². The lowest BCUT2D eigenvalue weighted by Crippen LogP contribution is -2.02. The molecule has 0 heterocycles. The van der Waals surface area contributed by atoms with Gasteiger partial charge in [-0.2, -0.15) is 0 Å². The summed E-state index contributed by atoms with van der Waals surface area (Å²) in [6, 6.07) is 0. The second kappa shape index (κ2) is 21.4. The lowest BCUT2D eigenvalue weighted by atomic mass is 10.0. The third-order valence-corrected chi connectivity index (χ3v) is 4.03. The minimum absolute atomic E-state index is 0.531. The molecule has 0 aliphatic rings. The molecule has 0 rings (SSSR count). The van der Waals surface area contributed by atoms with Crippen LogP contribution in [0.4, 0.5) is 0 Å². The number of carbonyl (C=O) groups excluding carboxylic acids is 1. The van der Waals surface area contributed by atoms with E-state index in [0.29, 0.717) is 13.2 Å². The summed E-state index contributed by atoms with van der Waals surface area (Å²) in [5, 5.41) is 0.